The zero-order chi connectivity index (χ0) is 18.7. The Morgan fingerprint density at radius 2 is 1.96 bits per heavy atom. The number of aromatic nitrogens is 3. The molecule has 0 N–H and O–H groups in total. The molecule has 0 aliphatic rings. The van der Waals surface area contributed by atoms with Crippen molar-refractivity contribution in [1.29, 1.82) is 0 Å². The highest BCUT2D eigenvalue weighted by Crippen LogP contribution is 2.38. The summed E-state index contributed by atoms with van der Waals surface area (Å²) in [6, 6.07) is 7.19. The summed E-state index contributed by atoms with van der Waals surface area (Å²) >= 11 is 3.47. The summed E-state index contributed by atoms with van der Waals surface area (Å²) in [5.41, 5.74) is 0.322. The monoisotopic (exact) mass is 417 g/mol. The lowest BCUT2D eigenvalue weighted by Gasteiger charge is -2.19. The molecule has 0 atom stereocenters. The number of hydrogen-bond acceptors (Lipinski definition) is 7. The Kier molecular flexibility index (Phi) is 5.27. The topological polar surface area (TPSA) is 94.3 Å². The molecule has 9 heteroatoms. The van der Waals surface area contributed by atoms with Crippen molar-refractivity contribution in [2.45, 2.75) is 13.8 Å². The van der Waals surface area contributed by atoms with Crippen molar-refractivity contribution in [3.8, 4) is 11.6 Å². The van der Waals surface area contributed by atoms with Gasteiger partial charge in [0.1, 0.15) is 11.8 Å². The predicted octanol–water partition coefficient (Wildman–Crippen LogP) is 4.33. The summed E-state index contributed by atoms with van der Waals surface area (Å²) in [5.74, 6) is 0.511. The number of rotatable bonds is 6. The number of anilines is 1. The van der Waals surface area contributed by atoms with Gasteiger partial charge in [-0.2, -0.15) is 4.98 Å². The van der Waals surface area contributed by atoms with Gasteiger partial charge < -0.3 is 9.64 Å². The maximum absolute atomic E-state index is 11.7. The molecule has 3 aromatic rings. The van der Waals surface area contributed by atoms with Crippen molar-refractivity contribution in [3.63, 3.8) is 0 Å². The zero-order valence-corrected chi connectivity index (χ0v) is 15.8. The van der Waals surface area contributed by atoms with E-state index in [1.165, 1.54) is 6.33 Å². The highest BCUT2D eigenvalue weighted by atomic mass is 79.9. The van der Waals surface area contributed by atoms with E-state index in [4.69, 9.17) is 4.74 Å². The number of ether oxygens (including phenoxy) is 1. The van der Waals surface area contributed by atoms with E-state index in [1.807, 2.05) is 26.0 Å². The summed E-state index contributed by atoms with van der Waals surface area (Å²) < 4.78 is 6.67. The first-order chi connectivity index (χ1) is 12.6. The standard InChI is InChI=1S/C17H16BrN5O3/c1-3-22(4-2)16-15(23(24)25)17(21-10-20-16)26-13-8-7-12(18)11-6-5-9-19-14(11)13/h5-10H,3-4H2,1-2H3. The van der Waals surface area contributed by atoms with Crippen molar-refractivity contribution in [2.24, 2.45) is 0 Å². The molecule has 0 bridgehead atoms. The van der Waals surface area contributed by atoms with E-state index in [9.17, 15) is 10.1 Å². The van der Waals surface area contributed by atoms with Gasteiger partial charge in [-0.25, -0.2) is 4.98 Å². The van der Waals surface area contributed by atoms with E-state index in [1.54, 1.807) is 23.2 Å². The Labute approximate surface area is 158 Å². The van der Waals surface area contributed by atoms with Crippen LogP contribution in [-0.4, -0.2) is 33.0 Å². The number of hydrogen-bond donors (Lipinski definition) is 0. The molecule has 2 heterocycles. The number of nitrogens with zero attached hydrogens (tertiary/aromatic N) is 5. The molecule has 0 aliphatic carbocycles. The van der Waals surface area contributed by atoms with Crippen LogP contribution in [0.3, 0.4) is 0 Å². The molecule has 0 saturated carbocycles. The van der Waals surface area contributed by atoms with Crippen molar-refractivity contribution in [1.82, 2.24) is 15.0 Å². The maximum Gasteiger partial charge on any atom is 0.373 e. The van der Waals surface area contributed by atoms with Gasteiger partial charge in [0, 0.05) is 29.1 Å². The summed E-state index contributed by atoms with van der Waals surface area (Å²) in [6.07, 6.45) is 2.90. The molecule has 0 spiro atoms. The third-order valence-electron chi connectivity index (χ3n) is 3.90. The third kappa shape index (κ3) is 3.30. The third-order valence-corrected chi connectivity index (χ3v) is 4.59. The molecule has 134 valence electrons. The average Bonchev–Trinajstić information content (AvgIpc) is 2.65. The van der Waals surface area contributed by atoms with Crippen LogP contribution in [0.1, 0.15) is 13.8 Å². The fourth-order valence-electron chi connectivity index (χ4n) is 2.64. The lowest BCUT2D eigenvalue weighted by atomic mass is 10.2. The largest absolute Gasteiger partial charge is 0.431 e. The molecule has 0 saturated heterocycles. The fourth-order valence-corrected chi connectivity index (χ4v) is 3.09. The Bertz CT molecular complexity index is 962. The number of benzene rings is 1. The number of pyridine rings is 1. The molecule has 3 rings (SSSR count). The summed E-state index contributed by atoms with van der Waals surface area (Å²) in [5, 5.41) is 12.5. The van der Waals surface area contributed by atoms with Crippen LogP contribution in [0.15, 0.2) is 41.3 Å². The van der Waals surface area contributed by atoms with E-state index in [0.717, 1.165) is 9.86 Å². The van der Waals surface area contributed by atoms with E-state index in [0.29, 0.717) is 24.4 Å². The van der Waals surface area contributed by atoms with Gasteiger partial charge >= 0.3 is 11.6 Å². The quantitative estimate of drug-likeness (QED) is 0.434. The van der Waals surface area contributed by atoms with Crippen LogP contribution in [0.25, 0.3) is 10.9 Å². The molecule has 2 aromatic heterocycles. The molecular weight excluding hydrogens is 402 g/mol. The van der Waals surface area contributed by atoms with Gasteiger partial charge in [0.05, 0.1) is 4.92 Å². The van der Waals surface area contributed by atoms with E-state index < -0.39 is 4.92 Å². The van der Waals surface area contributed by atoms with E-state index in [-0.39, 0.29) is 17.4 Å². The molecule has 0 unspecified atom stereocenters. The molecule has 26 heavy (non-hydrogen) atoms. The Morgan fingerprint density at radius 1 is 1.19 bits per heavy atom. The number of fused-ring (bicyclic) bond motifs is 1. The maximum atomic E-state index is 11.7. The predicted molar refractivity (Wildman–Crippen MR) is 102 cm³/mol. The molecule has 1 aromatic carbocycles. The van der Waals surface area contributed by atoms with Crippen molar-refractivity contribution in [3.05, 3.63) is 51.4 Å². The minimum atomic E-state index is -0.516. The normalized spacial score (nSPS) is 10.7. The second-order valence-corrected chi connectivity index (χ2v) is 6.18. The second kappa shape index (κ2) is 7.61. The second-order valence-electron chi connectivity index (χ2n) is 5.33. The molecule has 0 radical (unpaired) electrons. The van der Waals surface area contributed by atoms with E-state index >= 15 is 0 Å². The average molecular weight is 418 g/mol. The van der Waals surface area contributed by atoms with Gasteiger partial charge in [-0.05, 0) is 32.0 Å². The number of nitro groups is 1. The van der Waals surface area contributed by atoms with Gasteiger partial charge in [0.2, 0.25) is 5.82 Å². The van der Waals surface area contributed by atoms with Crippen LogP contribution < -0.4 is 9.64 Å². The van der Waals surface area contributed by atoms with Crippen molar-refractivity contribution < 1.29 is 9.66 Å². The first-order valence-corrected chi connectivity index (χ1v) is 8.81. The van der Waals surface area contributed by atoms with Crippen LogP contribution in [0, 0.1) is 10.1 Å². The van der Waals surface area contributed by atoms with Crippen LogP contribution in [0.4, 0.5) is 11.5 Å². The Morgan fingerprint density at radius 3 is 2.65 bits per heavy atom. The minimum Gasteiger partial charge on any atom is -0.431 e. The minimum absolute atomic E-state index is 0.110. The van der Waals surface area contributed by atoms with Gasteiger partial charge in [0.15, 0.2) is 5.75 Å². The van der Waals surface area contributed by atoms with E-state index in [2.05, 4.69) is 30.9 Å². The molecule has 0 fully saturated rings. The first-order valence-electron chi connectivity index (χ1n) is 8.02. The highest BCUT2D eigenvalue weighted by molar-refractivity contribution is 9.10. The Balaban J connectivity index is 2.13. The molecular formula is C17H16BrN5O3. The van der Waals surface area contributed by atoms with Gasteiger partial charge in [-0.1, -0.05) is 22.0 Å². The summed E-state index contributed by atoms with van der Waals surface area (Å²) in [7, 11) is 0. The SMILES string of the molecule is CCN(CC)c1ncnc(Oc2ccc(Br)c3cccnc23)c1[N+](=O)[O-]. The van der Waals surface area contributed by atoms with Crippen LogP contribution in [0.5, 0.6) is 11.6 Å². The molecule has 0 amide bonds. The summed E-state index contributed by atoms with van der Waals surface area (Å²) in [4.78, 5) is 25.4. The number of halogens is 1. The first kappa shape index (κ1) is 18.0. The van der Waals surface area contributed by atoms with Crippen LogP contribution in [-0.2, 0) is 0 Å². The van der Waals surface area contributed by atoms with Crippen LogP contribution >= 0.6 is 15.9 Å². The Hall–Kier alpha value is -2.81. The molecule has 8 nitrogen and oxygen atoms in total. The van der Waals surface area contributed by atoms with Crippen molar-refractivity contribution in [2.75, 3.05) is 18.0 Å². The van der Waals surface area contributed by atoms with Gasteiger partial charge in [-0.3, -0.25) is 15.1 Å². The lowest BCUT2D eigenvalue weighted by Crippen LogP contribution is -2.24. The zero-order valence-electron chi connectivity index (χ0n) is 14.2. The highest BCUT2D eigenvalue weighted by Gasteiger charge is 2.28. The van der Waals surface area contributed by atoms with Crippen molar-refractivity contribution >= 4 is 38.3 Å². The smallest absolute Gasteiger partial charge is 0.373 e. The molecule has 0 aliphatic heterocycles. The van der Waals surface area contributed by atoms with Gasteiger partial charge in [-0.15, -0.1) is 0 Å². The summed E-state index contributed by atoms with van der Waals surface area (Å²) in [6.45, 7) is 4.97. The lowest BCUT2D eigenvalue weighted by molar-refractivity contribution is -0.385. The van der Waals surface area contributed by atoms with Gasteiger partial charge in [0.25, 0.3) is 0 Å². The fraction of sp³-hybridized carbons (Fsp3) is 0.235. The van der Waals surface area contributed by atoms with Crippen LogP contribution in [0.2, 0.25) is 0 Å².